The molecule has 1 N–H and O–H groups in total. The number of aryl methyl sites for hydroxylation is 1. The van der Waals surface area contributed by atoms with Gasteiger partial charge in [0.05, 0.1) is 17.1 Å². The first kappa shape index (κ1) is 21.6. The molecule has 0 aliphatic carbocycles. The van der Waals surface area contributed by atoms with Crippen molar-refractivity contribution in [2.75, 3.05) is 21.9 Å². The van der Waals surface area contributed by atoms with E-state index in [1.165, 1.54) is 39.5 Å². The second-order valence-corrected chi connectivity index (χ2v) is 11.1. The number of hydrogen-bond donors (Lipinski definition) is 1. The Kier molecular flexibility index (Phi) is 6.17. The highest BCUT2D eigenvalue weighted by Gasteiger charge is 2.37. The molecule has 1 amide bonds. The second kappa shape index (κ2) is 8.85. The van der Waals surface area contributed by atoms with Gasteiger partial charge < -0.3 is 4.74 Å². The number of nitrogens with one attached hydrogen (secondary N) is 1. The zero-order valence-corrected chi connectivity index (χ0v) is 19.3. The molecule has 2 heterocycles. The van der Waals surface area contributed by atoms with E-state index in [4.69, 9.17) is 4.74 Å². The number of carbonyl (C=O) groups excluding carboxylic acids is 1. The summed E-state index contributed by atoms with van der Waals surface area (Å²) in [5.74, 6) is 0.700. The van der Waals surface area contributed by atoms with Crippen LogP contribution in [0, 0.1) is 6.92 Å². The Bertz CT molecular complexity index is 1200. The zero-order chi connectivity index (χ0) is 22.0. The standard InChI is InChI=1S/C20H20N4O4S3/c1-3-29-20-23-22-19(30-20)21-18(25)17-12-24(15-10-9-13(2)11-16(15)28-17)31(26,27)14-7-5-4-6-8-14/h4-11,17H,3,12H2,1-2H3,(H,21,22,25)/t17-/m1/s1. The fraction of sp³-hybridized carbons (Fsp3) is 0.250. The molecule has 0 saturated carbocycles. The third kappa shape index (κ3) is 4.53. The van der Waals surface area contributed by atoms with Crippen LogP contribution in [0.1, 0.15) is 12.5 Å². The summed E-state index contributed by atoms with van der Waals surface area (Å²) >= 11 is 2.79. The van der Waals surface area contributed by atoms with Gasteiger partial charge in [0.2, 0.25) is 5.13 Å². The van der Waals surface area contributed by atoms with Crippen LogP contribution in [0.25, 0.3) is 0 Å². The molecule has 11 heteroatoms. The van der Waals surface area contributed by atoms with Crippen molar-refractivity contribution in [3.05, 3.63) is 54.1 Å². The first-order chi connectivity index (χ1) is 14.9. The van der Waals surface area contributed by atoms with Crippen molar-refractivity contribution >= 4 is 49.8 Å². The van der Waals surface area contributed by atoms with E-state index >= 15 is 0 Å². The number of amides is 1. The third-order valence-electron chi connectivity index (χ3n) is 4.51. The summed E-state index contributed by atoms with van der Waals surface area (Å²) in [4.78, 5) is 13.1. The van der Waals surface area contributed by atoms with Crippen LogP contribution in [0.5, 0.6) is 5.75 Å². The Labute approximate surface area is 188 Å². The van der Waals surface area contributed by atoms with Crippen molar-refractivity contribution in [3.63, 3.8) is 0 Å². The fourth-order valence-electron chi connectivity index (χ4n) is 3.07. The van der Waals surface area contributed by atoms with Gasteiger partial charge in [-0.15, -0.1) is 10.2 Å². The Morgan fingerprint density at radius 1 is 1.26 bits per heavy atom. The van der Waals surface area contributed by atoms with E-state index < -0.39 is 22.0 Å². The number of aromatic nitrogens is 2. The lowest BCUT2D eigenvalue weighted by atomic mass is 10.1. The minimum Gasteiger partial charge on any atom is -0.476 e. The molecule has 1 aliphatic heterocycles. The average molecular weight is 477 g/mol. The van der Waals surface area contributed by atoms with E-state index in [-0.39, 0.29) is 11.4 Å². The van der Waals surface area contributed by atoms with Crippen LogP contribution in [-0.2, 0) is 14.8 Å². The van der Waals surface area contributed by atoms with Crippen LogP contribution in [0.15, 0.2) is 57.8 Å². The van der Waals surface area contributed by atoms with Crippen LogP contribution in [-0.4, -0.2) is 42.9 Å². The summed E-state index contributed by atoms with van der Waals surface area (Å²) in [6.07, 6.45) is -1.04. The number of nitrogens with zero attached hydrogens (tertiary/aromatic N) is 3. The number of benzene rings is 2. The molecular formula is C20H20N4O4S3. The molecule has 4 rings (SSSR count). The molecule has 0 spiro atoms. The SMILES string of the molecule is CCSc1nnc(NC(=O)[C@H]2CN(S(=O)(=O)c3ccccc3)c3ccc(C)cc3O2)s1. The normalized spacial score (nSPS) is 15.8. The van der Waals surface area contributed by atoms with Crippen molar-refractivity contribution in [2.45, 2.75) is 29.2 Å². The maximum Gasteiger partial charge on any atom is 0.269 e. The van der Waals surface area contributed by atoms with Crippen LogP contribution in [0.4, 0.5) is 10.8 Å². The average Bonchev–Trinajstić information content (AvgIpc) is 3.20. The molecule has 0 fully saturated rings. The van der Waals surface area contributed by atoms with Gasteiger partial charge in [0, 0.05) is 0 Å². The molecule has 8 nitrogen and oxygen atoms in total. The first-order valence-corrected chi connectivity index (χ1v) is 12.7. The summed E-state index contributed by atoms with van der Waals surface area (Å²) in [5, 5.41) is 11.0. The van der Waals surface area contributed by atoms with Gasteiger partial charge in [-0.3, -0.25) is 14.4 Å². The molecular weight excluding hydrogens is 456 g/mol. The zero-order valence-electron chi connectivity index (χ0n) is 16.8. The van der Waals surface area contributed by atoms with Crippen molar-refractivity contribution in [3.8, 4) is 5.75 Å². The lowest BCUT2D eigenvalue weighted by Crippen LogP contribution is -2.48. The number of thioether (sulfide) groups is 1. The smallest absolute Gasteiger partial charge is 0.269 e. The number of anilines is 2. The van der Waals surface area contributed by atoms with E-state index in [0.29, 0.717) is 16.6 Å². The van der Waals surface area contributed by atoms with Crippen LogP contribution >= 0.6 is 23.1 Å². The highest BCUT2D eigenvalue weighted by molar-refractivity contribution is 8.01. The Hall–Kier alpha value is -2.63. The molecule has 0 bridgehead atoms. The molecule has 0 unspecified atom stereocenters. The first-order valence-electron chi connectivity index (χ1n) is 9.50. The molecule has 3 aromatic rings. The molecule has 0 radical (unpaired) electrons. The highest BCUT2D eigenvalue weighted by atomic mass is 32.2. The second-order valence-electron chi connectivity index (χ2n) is 6.72. The fourth-order valence-corrected chi connectivity index (χ4v) is 6.22. The highest BCUT2D eigenvalue weighted by Crippen LogP contribution is 2.38. The van der Waals surface area contributed by atoms with Gasteiger partial charge in [0.1, 0.15) is 5.75 Å². The predicted octanol–water partition coefficient (Wildman–Crippen LogP) is 3.55. The van der Waals surface area contributed by atoms with Gasteiger partial charge in [-0.2, -0.15) is 0 Å². The lowest BCUT2D eigenvalue weighted by Gasteiger charge is -2.34. The number of hydrogen-bond acceptors (Lipinski definition) is 8. The Morgan fingerprint density at radius 2 is 2.03 bits per heavy atom. The number of carbonyl (C=O) groups is 1. The quantitative estimate of drug-likeness (QED) is 0.429. The summed E-state index contributed by atoms with van der Waals surface area (Å²) in [6, 6.07) is 13.4. The number of ether oxygens (including phenoxy) is 1. The number of rotatable bonds is 6. The number of sulfonamides is 1. The van der Waals surface area contributed by atoms with Gasteiger partial charge in [-0.1, -0.05) is 54.3 Å². The molecule has 31 heavy (non-hydrogen) atoms. The van der Waals surface area contributed by atoms with Gasteiger partial charge in [-0.25, -0.2) is 8.42 Å². The summed E-state index contributed by atoms with van der Waals surface area (Å²) < 4.78 is 34.6. The number of fused-ring (bicyclic) bond motifs is 1. The van der Waals surface area contributed by atoms with E-state index in [1.807, 2.05) is 19.9 Å². The largest absolute Gasteiger partial charge is 0.476 e. The minimum atomic E-state index is -3.89. The lowest BCUT2D eigenvalue weighted by molar-refractivity contribution is -0.122. The van der Waals surface area contributed by atoms with E-state index in [1.54, 1.807) is 30.3 Å². The molecule has 162 valence electrons. The molecule has 0 saturated heterocycles. The van der Waals surface area contributed by atoms with Crippen molar-refractivity contribution in [1.29, 1.82) is 0 Å². The van der Waals surface area contributed by atoms with Crippen LogP contribution in [0.3, 0.4) is 0 Å². The van der Waals surface area contributed by atoms with Crippen molar-refractivity contribution in [1.82, 2.24) is 10.2 Å². The molecule has 1 atom stereocenters. The van der Waals surface area contributed by atoms with E-state index in [0.717, 1.165) is 15.7 Å². The maximum atomic E-state index is 13.4. The Morgan fingerprint density at radius 3 is 2.77 bits per heavy atom. The summed E-state index contributed by atoms with van der Waals surface area (Å²) in [6.45, 7) is 3.72. The van der Waals surface area contributed by atoms with Gasteiger partial charge in [-0.05, 0) is 42.5 Å². The molecule has 1 aliphatic rings. The third-order valence-corrected chi connectivity index (χ3v) is 8.16. The monoisotopic (exact) mass is 476 g/mol. The van der Waals surface area contributed by atoms with Gasteiger partial charge >= 0.3 is 0 Å². The Balaban J connectivity index is 1.64. The predicted molar refractivity (Wildman–Crippen MR) is 122 cm³/mol. The van der Waals surface area contributed by atoms with Crippen LogP contribution in [0.2, 0.25) is 0 Å². The minimum absolute atomic E-state index is 0.146. The van der Waals surface area contributed by atoms with E-state index in [9.17, 15) is 13.2 Å². The maximum absolute atomic E-state index is 13.4. The van der Waals surface area contributed by atoms with Gasteiger partial charge in [0.15, 0.2) is 10.4 Å². The molecule has 2 aromatic carbocycles. The van der Waals surface area contributed by atoms with Crippen molar-refractivity contribution in [2.24, 2.45) is 0 Å². The molecule has 1 aromatic heterocycles. The summed E-state index contributed by atoms with van der Waals surface area (Å²) in [7, 11) is -3.89. The van der Waals surface area contributed by atoms with Gasteiger partial charge in [0.25, 0.3) is 15.9 Å². The van der Waals surface area contributed by atoms with E-state index in [2.05, 4.69) is 15.5 Å². The summed E-state index contributed by atoms with van der Waals surface area (Å²) in [5.41, 5.74) is 1.29. The van der Waals surface area contributed by atoms with Crippen molar-refractivity contribution < 1.29 is 17.9 Å². The topological polar surface area (TPSA) is 101 Å². The van der Waals surface area contributed by atoms with Crippen LogP contribution < -0.4 is 14.4 Å².